The summed E-state index contributed by atoms with van der Waals surface area (Å²) in [6.45, 7) is 2.05. The molecule has 2 bridgehead atoms. The number of fused-ring (bicyclic) bond motifs is 2. The van der Waals surface area contributed by atoms with Crippen molar-refractivity contribution in [2.75, 3.05) is 13.1 Å². The molecule has 0 spiro atoms. The predicted octanol–water partition coefficient (Wildman–Crippen LogP) is -0.0749. The first-order chi connectivity index (χ1) is 4.88. The van der Waals surface area contributed by atoms with Gasteiger partial charge in [-0.15, -0.1) is 0 Å². The van der Waals surface area contributed by atoms with Crippen LogP contribution in [0.2, 0.25) is 0 Å². The van der Waals surface area contributed by atoms with Gasteiger partial charge in [-0.2, -0.15) is 0 Å². The Morgan fingerprint density at radius 3 is 3.00 bits per heavy atom. The van der Waals surface area contributed by atoms with Crippen molar-refractivity contribution in [3.63, 3.8) is 0 Å². The summed E-state index contributed by atoms with van der Waals surface area (Å²) in [6.07, 6.45) is 3.37. The van der Waals surface area contributed by atoms with Crippen LogP contribution in [-0.2, 0) is 0 Å². The molecule has 0 amide bonds. The maximum atomic E-state index is 9.55. The SMILES string of the molecule is OC1C2CCCN1NCC2. The average molecular weight is 142 g/mol. The lowest BCUT2D eigenvalue weighted by molar-refractivity contribution is -0.120. The van der Waals surface area contributed by atoms with E-state index in [0.717, 1.165) is 19.5 Å². The zero-order valence-electron chi connectivity index (χ0n) is 6.08. The van der Waals surface area contributed by atoms with Crippen LogP contribution in [0.3, 0.4) is 0 Å². The molecule has 2 N–H and O–H groups in total. The molecule has 3 nitrogen and oxygen atoms in total. The number of nitrogens with one attached hydrogen (secondary N) is 1. The number of aliphatic hydroxyl groups is 1. The molecule has 2 saturated heterocycles. The van der Waals surface area contributed by atoms with E-state index < -0.39 is 0 Å². The van der Waals surface area contributed by atoms with Crippen LogP contribution in [0.15, 0.2) is 0 Å². The van der Waals surface area contributed by atoms with Crippen molar-refractivity contribution in [3.8, 4) is 0 Å². The molecular weight excluding hydrogens is 128 g/mol. The normalized spacial score (nSPS) is 47.1. The van der Waals surface area contributed by atoms with Crippen molar-refractivity contribution >= 4 is 0 Å². The van der Waals surface area contributed by atoms with E-state index in [-0.39, 0.29) is 6.23 Å². The van der Waals surface area contributed by atoms with Crippen LogP contribution in [0.25, 0.3) is 0 Å². The fourth-order valence-electron chi connectivity index (χ4n) is 1.92. The molecule has 0 aromatic heterocycles. The van der Waals surface area contributed by atoms with Gasteiger partial charge in [0.15, 0.2) is 0 Å². The second-order valence-corrected chi connectivity index (χ2v) is 3.21. The monoisotopic (exact) mass is 142 g/mol. The lowest BCUT2D eigenvalue weighted by Crippen LogP contribution is -2.57. The third kappa shape index (κ3) is 0.944. The van der Waals surface area contributed by atoms with E-state index in [4.69, 9.17) is 0 Å². The Balaban J connectivity index is 2.05. The standard InChI is InChI=1S/C7H14N2O/c10-7-6-2-1-5-9(7)8-4-3-6/h6-8,10H,1-5H2. The highest BCUT2D eigenvalue weighted by molar-refractivity contribution is 4.79. The second-order valence-electron chi connectivity index (χ2n) is 3.21. The van der Waals surface area contributed by atoms with Gasteiger partial charge in [-0.1, -0.05) is 0 Å². The molecule has 3 unspecified atom stereocenters. The van der Waals surface area contributed by atoms with Gasteiger partial charge in [0.1, 0.15) is 6.23 Å². The van der Waals surface area contributed by atoms with Crippen LogP contribution in [0.5, 0.6) is 0 Å². The number of hydrogen-bond donors (Lipinski definition) is 2. The van der Waals surface area contributed by atoms with Gasteiger partial charge < -0.3 is 5.11 Å². The fraction of sp³-hybridized carbons (Fsp3) is 1.00. The second kappa shape index (κ2) is 2.49. The Hall–Kier alpha value is -0.120. The van der Waals surface area contributed by atoms with E-state index in [1.54, 1.807) is 0 Å². The molecule has 0 aromatic carbocycles. The van der Waals surface area contributed by atoms with Gasteiger partial charge in [0.05, 0.1) is 0 Å². The number of aliphatic hydroxyl groups excluding tert-OH is 1. The van der Waals surface area contributed by atoms with E-state index in [1.165, 1.54) is 12.8 Å². The van der Waals surface area contributed by atoms with Gasteiger partial charge >= 0.3 is 0 Å². The van der Waals surface area contributed by atoms with Crippen molar-refractivity contribution in [1.29, 1.82) is 0 Å². The average Bonchev–Trinajstić information content (AvgIpc) is 1.86. The largest absolute Gasteiger partial charge is 0.377 e. The summed E-state index contributed by atoms with van der Waals surface area (Å²) in [7, 11) is 0. The minimum Gasteiger partial charge on any atom is -0.377 e. The number of rotatable bonds is 0. The molecule has 3 atom stereocenters. The number of piperidine rings is 1. The summed E-state index contributed by atoms with van der Waals surface area (Å²) >= 11 is 0. The van der Waals surface area contributed by atoms with Gasteiger partial charge in [0, 0.05) is 19.0 Å². The maximum Gasteiger partial charge on any atom is 0.122 e. The van der Waals surface area contributed by atoms with Crippen molar-refractivity contribution in [1.82, 2.24) is 10.4 Å². The van der Waals surface area contributed by atoms with Gasteiger partial charge in [0.2, 0.25) is 0 Å². The van der Waals surface area contributed by atoms with Crippen molar-refractivity contribution in [2.24, 2.45) is 5.92 Å². The Morgan fingerprint density at radius 2 is 2.30 bits per heavy atom. The van der Waals surface area contributed by atoms with Crippen molar-refractivity contribution in [3.05, 3.63) is 0 Å². The highest BCUT2D eigenvalue weighted by atomic mass is 16.3. The van der Waals surface area contributed by atoms with Crippen LogP contribution < -0.4 is 5.43 Å². The number of nitrogens with zero attached hydrogens (tertiary/aromatic N) is 1. The van der Waals surface area contributed by atoms with Crippen molar-refractivity contribution < 1.29 is 5.11 Å². The molecular formula is C7H14N2O. The Kier molecular flexibility index (Phi) is 1.64. The lowest BCUT2D eigenvalue weighted by atomic mass is 9.92. The first kappa shape index (κ1) is 6.58. The number of hydrogen-bond acceptors (Lipinski definition) is 3. The van der Waals surface area contributed by atoms with Gasteiger partial charge in [-0.25, -0.2) is 5.01 Å². The highest BCUT2D eigenvalue weighted by Crippen LogP contribution is 2.25. The summed E-state index contributed by atoms with van der Waals surface area (Å²) < 4.78 is 0. The van der Waals surface area contributed by atoms with E-state index in [1.807, 2.05) is 5.01 Å². The summed E-state index contributed by atoms with van der Waals surface area (Å²) in [4.78, 5) is 0. The highest BCUT2D eigenvalue weighted by Gasteiger charge is 2.32. The lowest BCUT2D eigenvalue weighted by Gasteiger charge is -2.42. The Morgan fingerprint density at radius 1 is 1.40 bits per heavy atom. The minimum absolute atomic E-state index is 0.206. The predicted molar refractivity (Wildman–Crippen MR) is 38.1 cm³/mol. The molecule has 0 saturated carbocycles. The molecule has 58 valence electrons. The molecule has 2 aliphatic rings. The van der Waals surface area contributed by atoms with E-state index in [0.29, 0.717) is 5.92 Å². The zero-order valence-corrected chi connectivity index (χ0v) is 6.08. The van der Waals surface area contributed by atoms with E-state index in [2.05, 4.69) is 5.43 Å². The molecule has 3 heteroatoms. The Labute approximate surface area is 61.0 Å². The van der Waals surface area contributed by atoms with E-state index >= 15 is 0 Å². The molecule has 10 heavy (non-hydrogen) atoms. The molecule has 0 radical (unpaired) electrons. The molecule has 2 fully saturated rings. The van der Waals surface area contributed by atoms with Crippen LogP contribution in [0, 0.1) is 5.92 Å². The summed E-state index contributed by atoms with van der Waals surface area (Å²) in [5.41, 5.74) is 3.18. The van der Waals surface area contributed by atoms with Crippen molar-refractivity contribution in [2.45, 2.75) is 25.5 Å². The third-order valence-corrected chi connectivity index (χ3v) is 2.54. The van der Waals surface area contributed by atoms with Crippen LogP contribution in [0.4, 0.5) is 0 Å². The van der Waals surface area contributed by atoms with Gasteiger partial charge in [-0.3, -0.25) is 5.43 Å². The van der Waals surface area contributed by atoms with Crippen LogP contribution in [0.1, 0.15) is 19.3 Å². The summed E-state index contributed by atoms with van der Waals surface area (Å²) in [5, 5.41) is 11.5. The van der Waals surface area contributed by atoms with Crippen LogP contribution >= 0.6 is 0 Å². The molecule has 2 aliphatic heterocycles. The topological polar surface area (TPSA) is 35.5 Å². The van der Waals surface area contributed by atoms with Crippen LogP contribution in [-0.4, -0.2) is 29.4 Å². The third-order valence-electron chi connectivity index (χ3n) is 2.54. The van der Waals surface area contributed by atoms with Gasteiger partial charge in [0.25, 0.3) is 0 Å². The van der Waals surface area contributed by atoms with Gasteiger partial charge in [-0.05, 0) is 19.3 Å². The number of hydrazine groups is 1. The fourth-order valence-corrected chi connectivity index (χ4v) is 1.92. The first-order valence-corrected chi connectivity index (χ1v) is 4.06. The Bertz CT molecular complexity index is 107. The van der Waals surface area contributed by atoms with E-state index in [9.17, 15) is 5.11 Å². The maximum absolute atomic E-state index is 9.55. The zero-order chi connectivity index (χ0) is 6.97. The molecule has 2 heterocycles. The summed E-state index contributed by atoms with van der Waals surface area (Å²) in [5.74, 6) is 0.537. The molecule has 0 aromatic rings. The first-order valence-electron chi connectivity index (χ1n) is 4.06. The quantitative estimate of drug-likeness (QED) is 0.497. The smallest absolute Gasteiger partial charge is 0.122 e. The molecule has 0 aliphatic carbocycles. The summed E-state index contributed by atoms with van der Waals surface area (Å²) in [6, 6.07) is 0. The minimum atomic E-state index is -0.206. The molecule has 2 rings (SSSR count).